The van der Waals surface area contributed by atoms with Crippen LogP contribution in [0, 0.1) is 11.3 Å². The van der Waals surface area contributed by atoms with Gasteiger partial charge in [0.25, 0.3) is 0 Å². The van der Waals surface area contributed by atoms with E-state index in [9.17, 15) is 0 Å². The van der Waals surface area contributed by atoms with Crippen LogP contribution >= 0.6 is 34.8 Å². The maximum atomic E-state index is 9.07. The molecular weight excluding hydrogens is 329 g/mol. The van der Waals surface area contributed by atoms with E-state index in [2.05, 4.69) is 11.1 Å². The number of hydrogen-bond acceptors (Lipinski definition) is 2. The summed E-state index contributed by atoms with van der Waals surface area (Å²) < 4.78 is 1.80. The zero-order chi connectivity index (χ0) is 15.0. The van der Waals surface area contributed by atoms with E-state index in [1.165, 1.54) is 0 Å². The molecule has 2 aromatic carbocycles. The van der Waals surface area contributed by atoms with Crippen LogP contribution in [0.1, 0.15) is 11.4 Å². The van der Waals surface area contributed by atoms with Gasteiger partial charge in [-0.05, 0) is 30.3 Å². The zero-order valence-electron chi connectivity index (χ0n) is 10.6. The Balaban J connectivity index is 2.43. The van der Waals surface area contributed by atoms with E-state index >= 15 is 0 Å². The molecule has 0 fully saturated rings. The second-order valence-electron chi connectivity index (χ2n) is 4.38. The first-order chi connectivity index (χ1) is 10.2. The van der Waals surface area contributed by atoms with Crippen molar-refractivity contribution in [2.75, 3.05) is 0 Å². The molecule has 3 nitrogen and oxygen atoms in total. The molecular formula is C15H8Cl3N3. The van der Waals surface area contributed by atoms with Crippen molar-refractivity contribution in [1.29, 1.82) is 5.26 Å². The van der Waals surface area contributed by atoms with Gasteiger partial charge in [-0.1, -0.05) is 29.3 Å². The van der Waals surface area contributed by atoms with Gasteiger partial charge in [0.1, 0.15) is 5.82 Å². The number of rotatable bonds is 2. The highest BCUT2D eigenvalue weighted by atomic mass is 35.5. The standard InChI is InChI=1S/C15H8Cl3N3/c16-7-14-20-12-5-4-9(8-19)6-13(12)21(14)15-10(17)2-1-3-11(15)18/h1-6H,7H2. The van der Waals surface area contributed by atoms with E-state index in [4.69, 9.17) is 40.1 Å². The molecule has 3 rings (SSSR count). The number of imidazole rings is 1. The molecule has 0 N–H and O–H groups in total. The van der Waals surface area contributed by atoms with E-state index in [-0.39, 0.29) is 5.88 Å². The Morgan fingerprint density at radius 2 is 1.86 bits per heavy atom. The van der Waals surface area contributed by atoms with Crippen molar-refractivity contribution in [3.8, 4) is 11.8 Å². The summed E-state index contributed by atoms with van der Waals surface area (Å²) in [6.07, 6.45) is 0. The fraction of sp³-hybridized carbons (Fsp3) is 0.0667. The lowest BCUT2D eigenvalue weighted by atomic mass is 10.2. The van der Waals surface area contributed by atoms with E-state index in [0.717, 1.165) is 11.0 Å². The Bertz CT molecular complexity index is 857. The number of benzene rings is 2. The molecule has 0 atom stereocenters. The summed E-state index contributed by atoms with van der Waals surface area (Å²) in [6, 6.07) is 12.6. The highest BCUT2D eigenvalue weighted by Gasteiger charge is 2.17. The van der Waals surface area contributed by atoms with Gasteiger partial charge < -0.3 is 0 Å². The molecule has 0 aliphatic rings. The second kappa shape index (κ2) is 5.57. The summed E-state index contributed by atoms with van der Waals surface area (Å²) in [5, 5.41) is 10.1. The highest BCUT2D eigenvalue weighted by Crippen LogP contribution is 2.33. The van der Waals surface area contributed by atoms with Gasteiger partial charge in [-0.15, -0.1) is 11.6 Å². The topological polar surface area (TPSA) is 41.6 Å². The first kappa shape index (κ1) is 14.2. The number of nitrogens with zero attached hydrogens (tertiary/aromatic N) is 3. The van der Waals surface area contributed by atoms with Crippen LogP contribution < -0.4 is 0 Å². The second-order valence-corrected chi connectivity index (χ2v) is 5.46. The predicted molar refractivity (Wildman–Crippen MR) is 85.4 cm³/mol. The third-order valence-electron chi connectivity index (χ3n) is 3.13. The molecule has 0 aliphatic carbocycles. The number of nitriles is 1. The van der Waals surface area contributed by atoms with Crippen LogP contribution in [0.3, 0.4) is 0 Å². The van der Waals surface area contributed by atoms with Gasteiger partial charge in [0.15, 0.2) is 0 Å². The van der Waals surface area contributed by atoms with Crippen molar-refractivity contribution in [3.05, 3.63) is 57.8 Å². The van der Waals surface area contributed by atoms with Gasteiger partial charge in [-0.2, -0.15) is 5.26 Å². The Morgan fingerprint density at radius 1 is 1.14 bits per heavy atom. The van der Waals surface area contributed by atoms with Crippen molar-refractivity contribution in [1.82, 2.24) is 9.55 Å². The smallest absolute Gasteiger partial charge is 0.129 e. The van der Waals surface area contributed by atoms with Gasteiger partial charge >= 0.3 is 0 Å². The van der Waals surface area contributed by atoms with Crippen molar-refractivity contribution in [3.63, 3.8) is 0 Å². The molecule has 3 aromatic rings. The SMILES string of the molecule is N#Cc1ccc2nc(CCl)n(-c3c(Cl)cccc3Cl)c2c1. The summed E-state index contributed by atoms with van der Waals surface area (Å²) >= 11 is 18.6. The van der Waals surface area contributed by atoms with Crippen molar-refractivity contribution < 1.29 is 0 Å². The third kappa shape index (κ3) is 2.36. The molecule has 0 radical (unpaired) electrons. The number of fused-ring (bicyclic) bond motifs is 1. The first-order valence-corrected chi connectivity index (χ1v) is 7.36. The van der Waals surface area contributed by atoms with Gasteiger partial charge in [0.2, 0.25) is 0 Å². The third-order valence-corrected chi connectivity index (χ3v) is 3.98. The number of aromatic nitrogens is 2. The van der Waals surface area contributed by atoms with E-state index in [1.807, 2.05) is 0 Å². The van der Waals surface area contributed by atoms with Gasteiger partial charge in [-0.25, -0.2) is 4.98 Å². The number of para-hydroxylation sites is 1. The monoisotopic (exact) mass is 335 g/mol. The van der Waals surface area contributed by atoms with Gasteiger partial charge in [0, 0.05) is 0 Å². The predicted octanol–water partition coefficient (Wildman–Crippen LogP) is 4.94. The van der Waals surface area contributed by atoms with Crippen molar-refractivity contribution in [2.24, 2.45) is 0 Å². The summed E-state index contributed by atoms with van der Waals surface area (Å²) in [5.74, 6) is 0.828. The molecule has 104 valence electrons. The molecule has 0 bridgehead atoms. The summed E-state index contributed by atoms with van der Waals surface area (Å²) in [6.45, 7) is 0. The van der Waals surface area contributed by atoms with Crippen LogP contribution in [0.5, 0.6) is 0 Å². The molecule has 21 heavy (non-hydrogen) atoms. The first-order valence-electron chi connectivity index (χ1n) is 6.07. The Hall–Kier alpha value is -1.73. The van der Waals surface area contributed by atoms with Crippen LogP contribution in [0.15, 0.2) is 36.4 Å². The van der Waals surface area contributed by atoms with Gasteiger partial charge in [0.05, 0.1) is 44.3 Å². The van der Waals surface area contributed by atoms with Crippen LogP contribution in [0.4, 0.5) is 0 Å². The lowest BCUT2D eigenvalue weighted by Gasteiger charge is -2.11. The van der Waals surface area contributed by atoms with Crippen LogP contribution in [0.25, 0.3) is 16.7 Å². The number of halogens is 3. The minimum atomic E-state index is 0.206. The molecule has 0 saturated carbocycles. The largest absolute Gasteiger partial charge is 0.292 e. The Labute approximate surface area is 136 Å². The normalized spacial score (nSPS) is 10.8. The van der Waals surface area contributed by atoms with Crippen molar-refractivity contribution >= 4 is 45.8 Å². The minimum Gasteiger partial charge on any atom is -0.292 e. The molecule has 0 amide bonds. The number of hydrogen-bond donors (Lipinski definition) is 0. The Morgan fingerprint density at radius 3 is 2.48 bits per heavy atom. The van der Waals surface area contributed by atoms with Crippen LogP contribution in [-0.4, -0.2) is 9.55 Å². The maximum absolute atomic E-state index is 9.07. The van der Waals surface area contributed by atoms with E-state index in [1.54, 1.807) is 41.0 Å². The molecule has 0 unspecified atom stereocenters. The van der Waals surface area contributed by atoms with Gasteiger partial charge in [-0.3, -0.25) is 4.57 Å². The molecule has 1 heterocycles. The lowest BCUT2D eigenvalue weighted by molar-refractivity contribution is 0.982. The quantitative estimate of drug-likeness (QED) is 0.622. The molecule has 6 heteroatoms. The highest BCUT2D eigenvalue weighted by molar-refractivity contribution is 6.37. The maximum Gasteiger partial charge on any atom is 0.129 e. The van der Waals surface area contributed by atoms with E-state index < -0.39 is 0 Å². The summed E-state index contributed by atoms with van der Waals surface area (Å²) in [4.78, 5) is 4.47. The average Bonchev–Trinajstić information content (AvgIpc) is 2.85. The molecule has 1 aromatic heterocycles. The summed E-state index contributed by atoms with van der Waals surface area (Å²) in [7, 11) is 0. The van der Waals surface area contributed by atoms with Crippen LogP contribution in [0.2, 0.25) is 10.0 Å². The molecule has 0 aliphatic heterocycles. The molecule has 0 saturated heterocycles. The average molecular weight is 337 g/mol. The Kier molecular flexibility index (Phi) is 3.77. The fourth-order valence-corrected chi connectivity index (χ4v) is 2.98. The number of alkyl halides is 1. The zero-order valence-corrected chi connectivity index (χ0v) is 12.9. The lowest BCUT2D eigenvalue weighted by Crippen LogP contribution is -2.01. The molecule has 0 spiro atoms. The fourth-order valence-electron chi connectivity index (χ4n) is 2.24. The van der Waals surface area contributed by atoms with Crippen LogP contribution in [-0.2, 0) is 5.88 Å². The summed E-state index contributed by atoms with van der Waals surface area (Å²) in [5.41, 5.74) is 2.64. The van der Waals surface area contributed by atoms with Crippen molar-refractivity contribution in [2.45, 2.75) is 5.88 Å². The minimum absolute atomic E-state index is 0.206. The van der Waals surface area contributed by atoms with E-state index in [0.29, 0.717) is 27.1 Å².